The molecular weight excluding hydrogens is 216 g/mol. The second kappa shape index (κ2) is 6.30. The molecule has 0 radical (unpaired) electrons. The Balaban J connectivity index is 2.87. The Labute approximate surface area is 105 Å². The first-order valence-electron chi connectivity index (χ1n) is 6.21. The molecule has 1 aromatic rings. The fraction of sp³-hybridized carbons (Fsp3) is 0.600. The van der Waals surface area contributed by atoms with E-state index in [0.29, 0.717) is 17.8 Å². The Kier molecular flexibility index (Phi) is 5.34. The van der Waals surface area contributed by atoms with E-state index in [-0.39, 0.29) is 5.38 Å². The molecule has 0 N–H and O–H groups in total. The highest BCUT2D eigenvalue weighted by molar-refractivity contribution is 6.21. The molecule has 1 rings (SSSR count). The van der Waals surface area contributed by atoms with Gasteiger partial charge in [-0.2, -0.15) is 0 Å². The molecule has 1 aromatic carbocycles. The van der Waals surface area contributed by atoms with Gasteiger partial charge in [0.15, 0.2) is 0 Å². The maximum Gasteiger partial charge on any atom is 0.0427 e. The summed E-state index contributed by atoms with van der Waals surface area (Å²) in [6, 6.07) is 10.7. The van der Waals surface area contributed by atoms with Crippen molar-refractivity contribution in [2.75, 3.05) is 0 Å². The molecule has 0 aromatic heterocycles. The van der Waals surface area contributed by atoms with Crippen LogP contribution in [0.2, 0.25) is 0 Å². The van der Waals surface area contributed by atoms with Gasteiger partial charge < -0.3 is 0 Å². The third-order valence-electron chi connectivity index (χ3n) is 2.97. The molecule has 0 bridgehead atoms. The molecule has 2 unspecified atom stereocenters. The van der Waals surface area contributed by atoms with Crippen molar-refractivity contribution in [1.29, 1.82) is 0 Å². The van der Waals surface area contributed by atoms with Crippen LogP contribution in [0.5, 0.6) is 0 Å². The third kappa shape index (κ3) is 3.83. The minimum Gasteiger partial charge on any atom is -0.122 e. The van der Waals surface area contributed by atoms with Crippen molar-refractivity contribution >= 4 is 11.6 Å². The summed E-state index contributed by atoms with van der Waals surface area (Å²) < 4.78 is 0. The van der Waals surface area contributed by atoms with E-state index in [1.165, 1.54) is 5.56 Å². The predicted molar refractivity (Wildman–Crippen MR) is 73.1 cm³/mol. The number of rotatable bonds is 5. The van der Waals surface area contributed by atoms with E-state index in [1.54, 1.807) is 0 Å². The summed E-state index contributed by atoms with van der Waals surface area (Å²) in [5.74, 6) is 1.68. The van der Waals surface area contributed by atoms with Gasteiger partial charge in [-0.15, -0.1) is 11.6 Å². The van der Waals surface area contributed by atoms with Crippen LogP contribution in [-0.4, -0.2) is 5.38 Å². The van der Waals surface area contributed by atoms with Gasteiger partial charge in [0.1, 0.15) is 0 Å². The van der Waals surface area contributed by atoms with Crippen molar-refractivity contribution in [3.05, 3.63) is 35.9 Å². The smallest absolute Gasteiger partial charge is 0.0427 e. The van der Waals surface area contributed by atoms with Crippen molar-refractivity contribution in [1.82, 2.24) is 0 Å². The van der Waals surface area contributed by atoms with E-state index in [2.05, 4.69) is 58.0 Å². The Morgan fingerprint density at radius 1 is 1.00 bits per heavy atom. The van der Waals surface area contributed by atoms with Crippen molar-refractivity contribution in [3.63, 3.8) is 0 Å². The quantitative estimate of drug-likeness (QED) is 0.628. The number of hydrogen-bond donors (Lipinski definition) is 0. The maximum atomic E-state index is 6.56. The van der Waals surface area contributed by atoms with Gasteiger partial charge in [0, 0.05) is 11.3 Å². The van der Waals surface area contributed by atoms with Gasteiger partial charge in [-0.25, -0.2) is 0 Å². The summed E-state index contributed by atoms with van der Waals surface area (Å²) in [4.78, 5) is 0. The van der Waals surface area contributed by atoms with Crippen LogP contribution in [0.4, 0.5) is 0 Å². The molecule has 0 fully saturated rings. The minimum atomic E-state index is 0.227. The molecule has 0 aliphatic heterocycles. The maximum absolute atomic E-state index is 6.56. The van der Waals surface area contributed by atoms with Crippen molar-refractivity contribution in [3.8, 4) is 0 Å². The summed E-state index contributed by atoms with van der Waals surface area (Å²) >= 11 is 6.56. The largest absolute Gasteiger partial charge is 0.122 e. The number of halogens is 1. The van der Waals surface area contributed by atoms with Crippen LogP contribution in [0.3, 0.4) is 0 Å². The van der Waals surface area contributed by atoms with Gasteiger partial charge in [0.05, 0.1) is 0 Å². The molecule has 0 saturated carbocycles. The highest BCUT2D eigenvalue weighted by Crippen LogP contribution is 2.33. The summed E-state index contributed by atoms with van der Waals surface area (Å²) in [6.45, 7) is 8.93. The molecule has 1 heteroatoms. The van der Waals surface area contributed by atoms with Crippen LogP contribution in [0.15, 0.2) is 30.3 Å². The summed E-state index contributed by atoms with van der Waals surface area (Å²) in [5, 5.41) is 0.227. The summed E-state index contributed by atoms with van der Waals surface area (Å²) in [7, 11) is 0. The highest BCUT2D eigenvalue weighted by atomic mass is 35.5. The second-order valence-electron chi connectivity index (χ2n) is 5.34. The molecule has 0 aliphatic carbocycles. The number of hydrogen-bond acceptors (Lipinski definition) is 0. The average molecular weight is 239 g/mol. The van der Waals surface area contributed by atoms with Crippen LogP contribution >= 0.6 is 11.6 Å². The van der Waals surface area contributed by atoms with Gasteiger partial charge in [-0.1, -0.05) is 58.0 Å². The first-order valence-corrected chi connectivity index (χ1v) is 6.65. The summed E-state index contributed by atoms with van der Waals surface area (Å²) in [5.41, 5.74) is 1.38. The monoisotopic (exact) mass is 238 g/mol. The molecule has 0 aliphatic rings. The lowest BCUT2D eigenvalue weighted by molar-refractivity contribution is 0.430. The lowest BCUT2D eigenvalue weighted by Crippen LogP contribution is -2.20. The lowest BCUT2D eigenvalue weighted by Gasteiger charge is -2.27. The fourth-order valence-corrected chi connectivity index (χ4v) is 2.37. The molecule has 0 nitrogen and oxygen atoms in total. The molecular formula is C15H23Cl. The van der Waals surface area contributed by atoms with Crippen molar-refractivity contribution < 1.29 is 0 Å². The Morgan fingerprint density at radius 3 is 2.00 bits per heavy atom. The lowest BCUT2D eigenvalue weighted by atomic mass is 9.84. The van der Waals surface area contributed by atoms with E-state index in [4.69, 9.17) is 11.6 Å². The zero-order valence-corrected chi connectivity index (χ0v) is 11.5. The molecule has 2 atom stereocenters. The van der Waals surface area contributed by atoms with Gasteiger partial charge in [-0.05, 0) is 23.8 Å². The van der Waals surface area contributed by atoms with E-state index in [1.807, 2.05) is 0 Å². The van der Waals surface area contributed by atoms with Crippen LogP contribution in [0.25, 0.3) is 0 Å². The SMILES string of the molecule is CC(C)CC(c1ccccc1)C(Cl)C(C)C. The molecule has 0 saturated heterocycles. The second-order valence-corrected chi connectivity index (χ2v) is 5.84. The molecule has 16 heavy (non-hydrogen) atoms. The van der Waals surface area contributed by atoms with Crippen LogP contribution < -0.4 is 0 Å². The van der Waals surface area contributed by atoms with Crippen LogP contribution in [0.1, 0.15) is 45.6 Å². The molecule has 0 spiro atoms. The highest BCUT2D eigenvalue weighted by Gasteiger charge is 2.24. The van der Waals surface area contributed by atoms with Crippen LogP contribution in [0, 0.1) is 11.8 Å². The summed E-state index contributed by atoms with van der Waals surface area (Å²) in [6.07, 6.45) is 1.16. The number of benzene rings is 1. The van der Waals surface area contributed by atoms with Gasteiger partial charge >= 0.3 is 0 Å². The first-order chi connectivity index (χ1) is 7.52. The minimum absolute atomic E-state index is 0.227. The van der Waals surface area contributed by atoms with E-state index < -0.39 is 0 Å². The molecule has 0 amide bonds. The normalized spacial score (nSPS) is 15.4. The molecule has 0 heterocycles. The topological polar surface area (TPSA) is 0 Å². The Bertz CT molecular complexity index is 290. The zero-order valence-electron chi connectivity index (χ0n) is 10.8. The van der Waals surface area contributed by atoms with E-state index >= 15 is 0 Å². The molecule has 90 valence electrons. The number of alkyl halides is 1. The van der Waals surface area contributed by atoms with Gasteiger partial charge in [-0.3, -0.25) is 0 Å². The van der Waals surface area contributed by atoms with E-state index in [0.717, 1.165) is 6.42 Å². The van der Waals surface area contributed by atoms with Crippen molar-refractivity contribution in [2.24, 2.45) is 11.8 Å². The zero-order chi connectivity index (χ0) is 12.1. The Hall–Kier alpha value is -0.490. The fourth-order valence-electron chi connectivity index (χ4n) is 2.12. The standard InChI is InChI=1S/C15H23Cl/c1-11(2)10-14(15(16)12(3)4)13-8-6-5-7-9-13/h5-9,11-12,14-15H,10H2,1-4H3. The average Bonchev–Trinajstić information content (AvgIpc) is 2.26. The predicted octanol–water partition coefficient (Wildman–Crippen LogP) is 5.08. The first kappa shape index (κ1) is 13.6. The van der Waals surface area contributed by atoms with E-state index in [9.17, 15) is 0 Å². The van der Waals surface area contributed by atoms with Gasteiger partial charge in [0.25, 0.3) is 0 Å². The van der Waals surface area contributed by atoms with Gasteiger partial charge in [0.2, 0.25) is 0 Å². The van der Waals surface area contributed by atoms with Crippen molar-refractivity contribution in [2.45, 2.75) is 45.4 Å². The van der Waals surface area contributed by atoms with Crippen LogP contribution in [-0.2, 0) is 0 Å². The third-order valence-corrected chi connectivity index (χ3v) is 3.78. The Morgan fingerprint density at radius 2 is 1.56 bits per heavy atom.